The van der Waals surface area contributed by atoms with Crippen molar-refractivity contribution in [1.29, 1.82) is 0 Å². The summed E-state index contributed by atoms with van der Waals surface area (Å²) in [4.78, 5) is 7.75. The van der Waals surface area contributed by atoms with Crippen LogP contribution in [-0.2, 0) is 9.57 Å². The minimum atomic E-state index is -1.58. The number of hydrogen-bond acceptors (Lipinski definition) is 5. The van der Waals surface area contributed by atoms with Crippen LogP contribution in [0.25, 0.3) is 0 Å². The van der Waals surface area contributed by atoms with E-state index in [4.69, 9.17) is 9.57 Å². The Bertz CT molecular complexity index is 850. The Labute approximate surface area is 181 Å². The molecule has 29 heavy (non-hydrogen) atoms. The molecule has 0 amide bonds. The van der Waals surface area contributed by atoms with Crippen LogP contribution in [0.5, 0.6) is 0 Å². The van der Waals surface area contributed by atoms with E-state index in [9.17, 15) is 18.3 Å². The number of β-amino-alcohol motifs (C(OH)–C–C–N with tert-alkyl or cyclic N) is 1. The molecule has 2 aromatic carbocycles. The molecule has 3 rings (SSSR count). The molecule has 1 fully saturated rings. The Morgan fingerprint density at radius 2 is 1.83 bits per heavy atom. The second-order valence-electron chi connectivity index (χ2n) is 6.78. The summed E-state index contributed by atoms with van der Waals surface area (Å²) >= 11 is 2.14. The summed E-state index contributed by atoms with van der Waals surface area (Å²) in [7, 11) is 0. The third-order valence-corrected chi connectivity index (χ3v) is 5.25. The second kappa shape index (κ2) is 10.1. The summed E-state index contributed by atoms with van der Waals surface area (Å²) in [6.45, 7) is 4.62. The minimum Gasteiger partial charge on any atom is -0.389 e. The molecular formula is C20H22F3IN2O3. The van der Waals surface area contributed by atoms with Crippen molar-refractivity contribution < 1.29 is 27.9 Å². The lowest BCUT2D eigenvalue weighted by atomic mass is 10.2. The van der Waals surface area contributed by atoms with Crippen LogP contribution >= 0.6 is 22.6 Å². The standard InChI is InChI=1S/C20H22F3IN2O3/c1-13-10-14(24)2-4-17(13)26(18-5-3-16(21)19(22)20(18)23)29-12-15(27)11-25-6-8-28-9-7-25/h2-5,10,15,27H,6-9,11-12H2,1H3. The highest BCUT2D eigenvalue weighted by Gasteiger charge is 2.23. The van der Waals surface area contributed by atoms with Gasteiger partial charge in [0.2, 0.25) is 0 Å². The SMILES string of the molecule is Cc1cc(I)ccc1N(OCC(O)CN1CCOCC1)c1ccc(F)c(F)c1F. The topological polar surface area (TPSA) is 45.2 Å². The Hall–Kier alpha value is -1.40. The van der Waals surface area contributed by atoms with E-state index < -0.39 is 23.6 Å². The number of aliphatic hydroxyl groups excluding tert-OH is 1. The highest BCUT2D eigenvalue weighted by atomic mass is 127. The first-order valence-electron chi connectivity index (χ1n) is 9.17. The predicted octanol–water partition coefficient (Wildman–Crippen LogP) is 3.78. The fraction of sp³-hybridized carbons (Fsp3) is 0.400. The van der Waals surface area contributed by atoms with Gasteiger partial charge in [-0.3, -0.25) is 9.74 Å². The number of anilines is 2. The Morgan fingerprint density at radius 1 is 1.14 bits per heavy atom. The van der Waals surface area contributed by atoms with Crippen LogP contribution in [0.2, 0.25) is 0 Å². The first-order chi connectivity index (χ1) is 13.9. The molecule has 1 aliphatic rings. The van der Waals surface area contributed by atoms with E-state index >= 15 is 0 Å². The van der Waals surface area contributed by atoms with Crippen molar-refractivity contribution in [2.24, 2.45) is 0 Å². The quantitative estimate of drug-likeness (QED) is 0.341. The van der Waals surface area contributed by atoms with Gasteiger partial charge in [-0.2, -0.15) is 0 Å². The van der Waals surface area contributed by atoms with Crippen LogP contribution in [-0.4, -0.2) is 55.6 Å². The van der Waals surface area contributed by atoms with Gasteiger partial charge in [0.05, 0.1) is 25.0 Å². The van der Waals surface area contributed by atoms with Crippen molar-refractivity contribution in [2.75, 3.05) is 44.5 Å². The molecule has 0 bridgehead atoms. The molecular weight excluding hydrogens is 500 g/mol. The normalized spacial score (nSPS) is 16.1. The summed E-state index contributed by atoms with van der Waals surface area (Å²) in [5.41, 5.74) is 0.948. The number of aryl methyl sites for hydroxylation is 1. The molecule has 1 unspecified atom stereocenters. The zero-order chi connectivity index (χ0) is 21.0. The van der Waals surface area contributed by atoms with Gasteiger partial charge in [-0.1, -0.05) is 0 Å². The van der Waals surface area contributed by atoms with Crippen molar-refractivity contribution in [3.05, 3.63) is 56.9 Å². The summed E-state index contributed by atoms with van der Waals surface area (Å²) in [6, 6.07) is 7.30. The van der Waals surface area contributed by atoms with Crippen LogP contribution < -0.4 is 5.06 Å². The zero-order valence-electron chi connectivity index (χ0n) is 15.9. The average molecular weight is 522 g/mol. The molecule has 2 aromatic rings. The monoisotopic (exact) mass is 522 g/mol. The van der Waals surface area contributed by atoms with Crippen LogP contribution in [0.1, 0.15) is 5.56 Å². The van der Waals surface area contributed by atoms with Crippen LogP contribution in [0.4, 0.5) is 24.5 Å². The molecule has 0 saturated carbocycles. The number of aliphatic hydroxyl groups is 1. The lowest BCUT2D eigenvalue weighted by Crippen LogP contribution is -2.42. The number of benzene rings is 2. The van der Waals surface area contributed by atoms with Crippen molar-refractivity contribution >= 4 is 34.0 Å². The number of rotatable bonds is 7. The van der Waals surface area contributed by atoms with Crippen molar-refractivity contribution in [3.63, 3.8) is 0 Å². The molecule has 0 aliphatic carbocycles. The number of ether oxygens (including phenoxy) is 1. The smallest absolute Gasteiger partial charge is 0.196 e. The van der Waals surface area contributed by atoms with Crippen LogP contribution in [0.3, 0.4) is 0 Å². The van der Waals surface area contributed by atoms with E-state index in [0.29, 0.717) is 38.5 Å². The van der Waals surface area contributed by atoms with Gasteiger partial charge in [0.15, 0.2) is 17.5 Å². The third kappa shape index (κ3) is 5.60. The highest BCUT2D eigenvalue weighted by molar-refractivity contribution is 14.1. The Morgan fingerprint density at radius 3 is 2.52 bits per heavy atom. The summed E-state index contributed by atoms with van der Waals surface area (Å²) in [6.07, 6.45) is -0.854. The van der Waals surface area contributed by atoms with Crippen LogP contribution in [0, 0.1) is 27.9 Å². The molecule has 0 aromatic heterocycles. The van der Waals surface area contributed by atoms with Gasteiger partial charge in [0.1, 0.15) is 12.3 Å². The molecule has 1 aliphatic heterocycles. The zero-order valence-corrected chi connectivity index (χ0v) is 18.0. The number of morpholine rings is 1. The van der Waals surface area contributed by atoms with Gasteiger partial charge >= 0.3 is 0 Å². The lowest BCUT2D eigenvalue weighted by molar-refractivity contribution is -0.0144. The first-order valence-corrected chi connectivity index (χ1v) is 10.3. The first kappa shape index (κ1) is 22.3. The predicted molar refractivity (Wildman–Crippen MR) is 112 cm³/mol. The lowest BCUT2D eigenvalue weighted by Gasteiger charge is -2.30. The maximum absolute atomic E-state index is 14.5. The van der Waals surface area contributed by atoms with E-state index in [1.807, 2.05) is 11.0 Å². The van der Waals surface area contributed by atoms with E-state index in [2.05, 4.69) is 22.6 Å². The summed E-state index contributed by atoms with van der Waals surface area (Å²) in [5, 5.41) is 11.5. The van der Waals surface area contributed by atoms with E-state index in [0.717, 1.165) is 26.3 Å². The van der Waals surface area contributed by atoms with Crippen molar-refractivity contribution in [1.82, 2.24) is 4.90 Å². The maximum Gasteiger partial charge on any atom is 0.196 e. The van der Waals surface area contributed by atoms with Crippen molar-refractivity contribution in [2.45, 2.75) is 13.0 Å². The molecule has 9 heteroatoms. The van der Waals surface area contributed by atoms with Gasteiger partial charge in [-0.25, -0.2) is 18.2 Å². The third-order valence-electron chi connectivity index (χ3n) is 4.58. The maximum atomic E-state index is 14.5. The molecule has 5 nitrogen and oxygen atoms in total. The van der Waals surface area contributed by atoms with Gasteiger partial charge in [-0.15, -0.1) is 0 Å². The van der Waals surface area contributed by atoms with Gasteiger partial charge in [0, 0.05) is 23.2 Å². The Balaban J connectivity index is 1.82. The number of halogens is 4. The number of nitrogens with zero attached hydrogens (tertiary/aromatic N) is 2. The molecule has 1 saturated heterocycles. The number of hydrogen-bond donors (Lipinski definition) is 1. The van der Waals surface area contributed by atoms with E-state index in [-0.39, 0.29) is 12.3 Å². The molecule has 1 N–H and O–H groups in total. The van der Waals surface area contributed by atoms with Crippen LogP contribution in [0.15, 0.2) is 30.3 Å². The van der Waals surface area contributed by atoms with Gasteiger partial charge in [0.25, 0.3) is 0 Å². The molecule has 1 atom stereocenters. The fourth-order valence-electron chi connectivity index (χ4n) is 3.08. The van der Waals surface area contributed by atoms with E-state index in [1.165, 1.54) is 0 Å². The molecule has 0 spiro atoms. The fourth-order valence-corrected chi connectivity index (χ4v) is 3.73. The van der Waals surface area contributed by atoms with Gasteiger partial charge < -0.3 is 9.84 Å². The van der Waals surface area contributed by atoms with E-state index in [1.54, 1.807) is 19.1 Å². The molecule has 0 radical (unpaired) electrons. The second-order valence-corrected chi connectivity index (χ2v) is 8.03. The highest BCUT2D eigenvalue weighted by Crippen LogP contribution is 2.33. The average Bonchev–Trinajstić information content (AvgIpc) is 2.69. The Kier molecular flexibility index (Phi) is 7.74. The van der Waals surface area contributed by atoms with Crippen molar-refractivity contribution in [3.8, 4) is 0 Å². The largest absolute Gasteiger partial charge is 0.389 e. The molecule has 158 valence electrons. The van der Waals surface area contributed by atoms with Gasteiger partial charge in [-0.05, 0) is 65.4 Å². The minimum absolute atomic E-state index is 0.152. The summed E-state index contributed by atoms with van der Waals surface area (Å²) in [5.74, 6) is -4.21. The molecule has 1 heterocycles. The summed E-state index contributed by atoms with van der Waals surface area (Å²) < 4.78 is 48.0.